The fourth-order valence-corrected chi connectivity index (χ4v) is 6.64. The highest BCUT2D eigenvalue weighted by atomic mass is 32.2. The lowest BCUT2D eigenvalue weighted by Crippen LogP contribution is -2.60. The lowest BCUT2D eigenvalue weighted by molar-refractivity contribution is -0.148. The highest BCUT2D eigenvalue weighted by Crippen LogP contribution is 2.29. The highest BCUT2D eigenvalue weighted by molar-refractivity contribution is 7.89. The number of benzene rings is 2. The summed E-state index contributed by atoms with van der Waals surface area (Å²) in [5.74, 6) is -0.110. The third kappa shape index (κ3) is 9.26. The van der Waals surface area contributed by atoms with Gasteiger partial charge in [-0.15, -0.1) is 0 Å². The number of nitrogens with zero attached hydrogens (tertiary/aromatic N) is 3. The number of aliphatic hydroxyl groups excluding tert-OH is 1. The molecule has 0 spiro atoms. The van der Waals surface area contributed by atoms with Crippen LogP contribution in [0.2, 0.25) is 0 Å². The first kappa shape index (κ1) is 33.5. The van der Waals surface area contributed by atoms with Crippen LogP contribution in [0.4, 0.5) is 0 Å². The van der Waals surface area contributed by atoms with Crippen LogP contribution in [-0.4, -0.2) is 92.0 Å². The van der Waals surface area contributed by atoms with Gasteiger partial charge < -0.3 is 14.7 Å². The van der Waals surface area contributed by atoms with Crippen molar-refractivity contribution in [2.24, 2.45) is 11.8 Å². The summed E-state index contributed by atoms with van der Waals surface area (Å²) in [4.78, 5) is 28.3. The van der Waals surface area contributed by atoms with Gasteiger partial charge in [0.1, 0.15) is 5.75 Å². The Bertz CT molecular complexity index is 1300. The molecule has 2 N–H and O–H groups in total. The smallest absolute Gasteiger partial charge is 0.252 e. The molecule has 42 heavy (non-hydrogen) atoms. The van der Waals surface area contributed by atoms with Crippen LogP contribution in [0.1, 0.15) is 45.2 Å². The van der Waals surface area contributed by atoms with Crippen molar-refractivity contribution in [1.82, 2.24) is 19.6 Å². The molecule has 232 valence electrons. The van der Waals surface area contributed by atoms with Crippen LogP contribution in [0.5, 0.6) is 5.75 Å². The molecule has 2 amide bonds. The summed E-state index contributed by atoms with van der Waals surface area (Å²) in [6.07, 6.45) is -0.331. The quantitative estimate of drug-likeness (QED) is 0.319. The molecule has 0 aromatic heterocycles. The van der Waals surface area contributed by atoms with Crippen molar-refractivity contribution in [3.05, 3.63) is 59.7 Å². The molecular formula is C31H46N4O6S. The van der Waals surface area contributed by atoms with Gasteiger partial charge >= 0.3 is 0 Å². The normalized spacial score (nSPS) is 14.6. The number of hydrazine groups is 1. The topological polar surface area (TPSA) is 119 Å². The second-order valence-corrected chi connectivity index (χ2v) is 14.0. The van der Waals surface area contributed by atoms with E-state index in [1.165, 1.54) is 15.4 Å². The van der Waals surface area contributed by atoms with Crippen molar-refractivity contribution in [2.45, 2.75) is 64.0 Å². The largest absolute Gasteiger partial charge is 0.493 e. The number of sulfonamides is 1. The van der Waals surface area contributed by atoms with E-state index in [-0.39, 0.29) is 55.1 Å². The number of aliphatic hydroxyl groups is 1. The lowest BCUT2D eigenvalue weighted by atomic mass is 9.99. The minimum absolute atomic E-state index is 0.00174. The molecular weight excluding hydrogens is 556 g/mol. The first-order valence-electron chi connectivity index (χ1n) is 14.5. The Morgan fingerprint density at radius 2 is 1.69 bits per heavy atom. The van der Waals surface area contributed by atoms with Gasteiger partial charge in [-0.1, -0.05) is 58.0 Å². The summed E-state index contributed by atoms with van der Waals surface area (Å²) in [6.45, 7) is 8.07. The highest BCUT2D eigenvalue weighted by Gasteiger charge is 2.36. The van der Waals surface area contributed by atoms with Gasteiger partial charge in [0.25, 0.3) is 5.91 Å². The average molecular weight is 603 g/mol. The van der Waals surface area contributed by atoms with E-state index in [9.17, 15) is 23.1 Å². The molecule has 3 rings (SSSR count). The Morgan fingerprint density at radius 1 is 1.00 bits per heavy atom. The van der Waals surface area contributed by atoms with Crippen LogP contribution >= 0.6 is 0 Å². The minimum Gasteiger partial charge on any atom is -0.493 e. The second kappa shape index (κ2) is 15.0. The van der Waals surface area contributed by atoms with Crippen LogP contribution in [0.25, 0.3) is 0 Å². The molecule has 2 aromatic rings. The Morgan fingerprint density at radius 3 is 2.31 bits per heavy atom. The molecule has 0 saturated heterocycles. The van der Waals surface area contributed by atoms with E-state index in [2.05, 4.69) is 5.43 Å². The zero-order valence-corrected chi connectivity index (χ0v) is 26.4. The molecule has 0 aliphatic carbocycles. The van der Waals surface area contributed by atoms with E-state index in [0.717, 1.165) is 11.1 Å². The number of carbonyl (C=O) groups is 2. The van der Waals surface area contributed by atoms with Crippen LogP contribution in [0.15, 0.2) is 53.4 Å². The zero-order valence-electron chi connectivity index (χ0n) is 25.6. The number of hydrogen-bond acceptors (Lipinski definition) is 7. The summed E-state index contributed by atoms with van der Waals surface area (Å²) in [7, 11) is -0.511. The van der Waals surface area contributed by atoms with Crippen LogP contribution in [-0.2, 0) is 32.5 Å². The number of nitrogens with one attached hydrogen (secondary N) is 1. The van der Waals surface area contributed by atoms with Crippen molar-refractivity contribution in [1.29, 1.82) is 0 Å². The van der Waals surface area contributed by atoms with Gasteiger partial charge in [0.05, 0.1) is 30.2 Å². The summed E-state index contributed by atoms with van der Waals surface area (Å²) in [5.41, 5.74) is 4.40. The average Bonchev–Trinajstić information content (AvgIpc) is 3.38. The van der Waals surface area contributed by atoms with Gasteiger partial charge in [-0.2, -0.15) is 4.31 Å². The number of rotatable bonds is 14. The maximum absolute atomic E-state index is 14.0. The maximum atomic E-state index is 14.0. The molecule has 0 saturated carbocycles. The van der Waals surface area contributed by atoms with Gasteiger partial charge in [0.15, 0.2) is 0 Å². The predicted molar refractivity (Wildman–Crippen MR) is 162 cm³/mol. The third-order valence-electron chi connectivity index (χ3n) is 6.88. The number of carbonyl (C=O) groups excluding carboxylic acids is 2. The van der Waals surface area contributed by atoms with E-state index in [1.54, 1.807) is 31.1 Å². The van der Waals surface area contributed by atoms with Crippen molar-refractivity contribution in [3.63, 3.8) is 0 Å². The Hall–Kier alpha value is -2.99. The molecule has 1 unspecified atom stereocenters. The van der Waals surface area contributed by atoms with Crippen molar-refractivity contribution in [3.8, 4) is 5.75 Å². The molecule has 1 aliphatic heterocycles. The molecule has 0 bridgehead atoms. The van der Waals surface area contributed by atoms with E-state index in [1.807, 2.05) is 58.0 Å². The van der Waals surface area contributed by atoms with Crippen LogP contribution in [0.3, 0.4) is 0 Å². The van der Waals surface area contributed by atoms with Gasteiger partial charge in [0.2, 0.25) is 15.9 Å². The molecule has 0 fully saturated rings. The molecule has 11 heteroatoms. The maximum Gasteiger partial charge on any atom is 0.252 e. The van der Waals surface area contributed by atoms with Gasteiger partial charge in [-0.25, -0.2) is 13.4 Å². The Labute approximate surface area is 250 Å². The number of likely N-dealkylation sites (N-methyl/N-ethyl adjacent to an activating group) is 1. The SMILES string of the molecule is CC(C)CC(=O)N(NC(=O)CN(C)C)C(Cc1ccccc1)[C@H](O)CN(CC(C)C)S(=O)(=O)c1ccc2c(c1)CCO2. The first-order valence-corrected chi connectivity index (χ1v) is 16.0. The Balaban J connectivity index is 2.00. The van der Waals surface area contributed by atoms with Crippen LogP contribution < -0.4 is 10.2 Å². The van der Waals surface area contributed by atoms with E-state index < -0.39 is 28.1 Å². The van der Waals surface area contributed by atoms with Crippen LogP contribution in [0, 0.1) is 11.8 Å². The Kier molecular flexibility index (Phi) is 11.9. The summed E-state index contributed by atoms with van der Waals surface area (Å²) >= 11 is 0. The number of hydrogen-bond donors (Lipinski definition) is 2. The number of ether oxygens (including phenoxy) is 1. The zero-order chi connectivity index (χ0) is 31.0. The summed E-state index contributed by atoms with van der Waals surface area (Å²) in [6, 6.07) is 13.2. The fraction of sp³-hybridized carbons (Fsp3) is 0.548. The molecule has 1 aliphatic rings. The number of fused-ring (bicyclic) bond motifs is 1. The fourth-order valence-electron chi connectivity index (χ4n) is 4.97. The van der Waals surface area contributed by atoms with E-state index in [4.69, 9.17) is 4.74 Å². The van der Waals surface area contributed by atoms with Crippen molar-refractivity contribution < 1.29 is 27.9 Å². The first-order chi connectivity index (χ1) is 19.8. The van der Waals surface area contributed by atoms with Gasteiger partial charge in [-0.3, -0.25) is 15.0 Å². The standard InChI is InChI=1S/C31H46N4O6S/c1-22(2)16-31(38)35(32-30(37)21-33(5)6)27(17-24-10-8-7-9-11-24)28(36)20-34(19-23(3)4)42(39,40)26-12-13-29-25(18-26)14-15-41-29/h7-13,18,22-23,27-28,36H,14-17,19-21H2,1-6H3,(H,32,37)/t27?,28-/m1/s1. The second-order valence-electron chi connectivity index (χ2n) is 12.0. The monoisotopic (exact) mass is 602 g/mol. The summed E-state index contributed by atoms with van der Waals surface area (Å²) in [5, 5.41) is 13.0. The number of amides is 2. The molecule has 0 radical (unpaired) electrons. The molecule has 1 heterocycles. The third-order valence-corrected chi connectivity index (χ3v) is 8.71. The molecule has 2 atom stereocenters. The summed E-state index contributed by atoms with van der Waals surface area (Å²) < 4.78 is 34.7. The van der Waals surface area contributed by atoms with Gasteiger partial charge in [0, 0.05) is 25.9 Å². The van der Waals surface area contributed by atoms with Crippen molar-refractivity contribution in [2.75, 3.05) is 40.3 Å². The van der Waals surface area contributed by atoms with E-state index >= 15 is 0 Å². The predicted octanol–water partition coefficient (Wildman–Crippen LogP) is 2.71. The lowest BCUT2D eigenvalue weighted by Gasteiger charge is -2.37. The van der Waals surface area contributed by atoms with E-state index in [0.29, 0.717) is 18.8 Å². The molecule has 2 aromatic carbocycles. The van der Waals surface area contributed by atoms with Crippen molar-refractivity contribution >= 4 is 21.8 Å². The molecule has 10 nitrogen and oxygen atoms in total. The van der Waals surface area contributed by atoms with Gasteiger partial charge in [-0.05, 0) is 61.7 Å². The minimum atomic E-state index is -4.00.